The summed E-state index contributed by atoms with van der Waals surface area (Å²) in [6, 6.07) is 11.6. The van der Waals surface area contributed by atoms with Gasteiger partial charge >= 0.3 is 0 Å². The van der Waals surface area contributed by atoms with Gasteiger partial charge in [0.25, 0.3) is 0 Å². The van der Waals surface area contributed by atoms with Crippen molar-refractivity contribution in [3.05, 3.63) is 59.4 Å². The number of methoxy groups -OCH3 is 1. The number of carbonyl (C=O) groups is 2. The van der Waals surface area contributed by atoms with Crippen molar-refractivity contribution in [2.75, 3.05) is 13.7 Å². The largest absolute Gasteiger partial charge is 0.493 e. The molecule has 1 fully saturated rings. The number of Topliss-reactive ketones (excluding diaryl/α,β-unsaturated/α-hetero) is 1. The minimum Gasteiger partial charge on any atom is -0.493 e. The molecule has 2 aromatic carbocycles. The third-order valence-electron chi connectivity index (χ3n) is 4.94. The number of benzene rings is 2. The van der Waals surface area contributed by atoms with Crippen LogP contribution in [-0.4, -0.2) is 36.3 Å². The first-order valence-corrected chi connectivity index (χ1v) is 9.83. The Labute approximate surface area is 170 Å². The monoisotopic (exact) mass is 399 g/mol. The number of rotatable bonds is 10. The predicted molar refractivity (Wildman–Crippen MR) is 108 cm³/mol. The second kappa shape index (κ2) is 9.54. The minimum absolute atomic E-state index is 0.0400. The van der Waals surface area contributed by atoms with Crippen molar-refractivity contribution >= 4 is 11.7 Å². The van der Waals surface area contributed by atoms with Crippen molar-refractivity contribution in [2.45, 2.75) is 45.2 Å². The van der Waals surface area contributed by atoms with Crippen LogP contribution in [0.5, 0.6) is 11.5 Å². The normalized spacial score (nSPS) is 13.1. The molecule has 1 saturated carbocycles. The number of halogens is 1. The molecule has 1 amide bonds. The fourth-order valence-corrected chi connectivity index (χ4v) is 3.15. The zero-order valence-corrected chi connectivity index (χ0v) is 16.8. The fourth-order valence-electron chi connectivity index (χ4n) is 3.15. The van der Waals surface area contributed by atoms with Crippen LogP contribution in [0.25, 0.3) is 0 Å². The van der Waals surface area contributed by atoms with Crippen LogP contribution in [0.3, 0.4) is 0 Å². The van der Waals surface area contributed by atoms with Crippen molar-refractivity contribution in [3.63, 3.8) is 0 Å². The molecule has 0 bridgehead atoms. The molecular weight excluding hydrogens is 373 g/mol. The van der Waals surface area contributed by atoms with Crippen molar-refractivity contribution in [1.29, 1.82) is 0 Å². The summed E-state index contributed by atoms with van der Waals surface area (Å²) in [4.78, 5) is 26.0. The Morgan fingerprint density at radius 2 is 1.83 bits per heavy atom. The molecule has 1 aliphatic carbocycles. The van der Waals surface area contributed by atoms with Crippen LogP contribution >= 0.6 is 0 Å². The number of ether oxygens (including phenoxy) is 2. The molecule has 2 aromatic rings. The Bertz CT molecular complexity index is 862. The average molecular weight is 399 g/mol. The van der Waals surface area contributed by atoms with Crippen LogP contribution in [0.1, 0.15) is 48.5 Å². The summed E-state index contributed by atoms with van der Waals surface area (Å²) in [5, 5.41) is 0. The third-order valence-corrected chi connectivity index (χ3v) is 4.94. The maximum atomic E-state index is 13.1. The van der Waals surface area contributed by atoms with Crippen molar-refractivity contribution in [2.24, 2.45) is 0 Å². The SMILES string of the molecule is COc1cc(C(C)=O)ccc1OCCCC(=O)N(Cc1ccc(F)cc1)C1CC1. The lowest BCUT2D eigenvalue weighted by molar-refractivity contribution is -0.132. The molecule has 0 heterocycles. The van der Waals surface area contributed by atoms with Crippen LogP contribution in [0.15, 0.2) is 42.5 Å². The molecule has 0 unspecified atom stereocenters. The Morgan fingerprint density at radius 1 is 1.10 bits per heavy atom. The topological polar surface area (TPSA) is 55.8 Å². The molecule has 0 radical (unpaired) electrons. The second-order valence-corrected chi connectivity index (χ2v) is 7.25. The van der Waals surface area contributed by atoms with E-state index in [1.54, 1.807) is 30.3 Å². The molecule has 29 heavy (non-hydrogen) atoms. The van der Waals surface area contributed by atoms with Gasteiger partial charge in [-0.25, -0.2) is 4.39 Å². The van der Waals surface area contributed by atoms with E-state index in [2.05, 4.69) is 0 Å². The number of amides is 1. The van der Waals surface area contributed by atoms with E-state index in [0.717, 1.165) is 18.4 Å². The number of ketones is 1. The zero-order valence-electron chi connectivity index (χ0n) is 16.8. The smallest absolute Gasteiger partial charge is 0.223 e. The Kier molecular flexibility index (Phi) is 6.86. The highest BCUT2D eigenvalue weighted by atomic mass is 19.1. The summed E-state index contributed by atoms with van der Waals surface area (Å²) in [6.07, 6.45) is 2.99. The molecule has 1 aliphatic rings. The molecule has 6 heteroatoms. The number of hydrogen-bond acceptors (Lipinski definition) is 4. The van der Waals surface area contributed by atoms with E-state index >= 15 is 0 Å². The number of hydrogen-bond donors (Lipinski definition) is 0. The lowest BCUT2D eigenvalue weighted by Gasteiger charge is -2.23. The van der Waals surface area contributed by atoms with E-state index in [1.165, 1.54) is 26.2 Å². The van der Waals surface area contributed by atoms with E-state index in [4.69, 9.17) is 9.47 Å². The van der Waals surface area contributed by atoms with E-state index < -0.39 is 0 Å². The lowest BCUT2D eigenvalue weighted by atomic mass is 10.1. The van der Waals surface area contributed by atoms with E-state index in [0.29, 0.717) is 43.1 Å². The first kappa shape index (κ1) is 20.8. The molecule has 0 N–H and O–H groups in total. The van der Waals surface area contributed by atoms with Gasteiger partial charge in [-0.05, 0) is 62.1 Å². The predicted octanol–water partition coefficient (Wildman–Crippen LogP) is 4.39. The van der Waals surface area contributed by atoms with Gasteiger partial charge in [0.15, 0.2) is 17.3 Å². The van der Waals surface area contributed by atoms with E-state index in [-0.39, 0.29) is 23.5 Å². The van der Waals surface area contributed by atoms with Gasteiger partial charge in [-0.3, -0.25) is 9.59 Å². The van der Waals surface area contributed by atoms with Gasteiger partial charge < -0.3 is 14.4 Å². The first-order chi connectivity index (χ1) is 14.0. The Hall–Kier alpha value is -2.89. The first-order valence-electron chi connectivity index (χ1n) is 9.83. The van der Waals surface area contributed by atoms with Crippen LogP contribution in [0.4, 0.5) is 4.39 Å². The summed E-state index contributed by atoms with van der Waals surface area (Å²) in [5.41, 5.74) is 1.49. The van der Waals surface area contributed by atoms with Gasteiger partial charge in [0.2, 0.25) is 5.91 Å². The van der Waals surface area contributed by atoms with Gasteiger partial charge in [0.05, 0.1) is 13.7 Å². The van der Waals surface area contributed by atoms with Gasteiger partial charge in [0.1, 0.15) is 5.82 Å². The van der Waals surface area contributed by atoms with E-state index in [1.807, 2.05) is 4.90 Å². The Balaban J connectivity index is 1.50. The van der Waals surface area contributed by atoms with Gasteiger partial charge in [-0.15, -0.1) is 0 Å². The molecule has 0 atom stereocenters. The van der Waals surface area contributed by atoms with Crippen LogP contribution in [-0.2, 0) is 11.3 Å². The van der Waals surface area contributed by atoms with Gasteiger partial charge in [-0.2, -0.15) is 0 Å². The lowest BCUT2D eigenvalue weighted by Crippen LogP contribution is -2.32. The van der Waals surface area contributed by atoms with Crippen LogP contribution < -0.4 is 9.47 Å². The molecular formula is C23H26FNO4. The summed E-state index contributed by atoms with van der Waals surface area (Å²) in [6.45, 7) is 2.38. The average Bonchev–Trinajstić information content (AvgIpc) is 3.55. The highest BCUT2D eigenvalue weighted by molar-refractivity contribution is 5.94. The van der Waals surface area contributed by atoms with Crippen LogP contribution in [0.2, 0.25) is 0 Å². The molecule has 3 rings (SSSR count). The maximum Gasteiger partial charge on any atom is 0.223 e. The maximum absolute atomic E-state index is 13.1. The van der Waals surface area contributed by atoms with Crippen molar-refractivity contribution < 1.29 is 23.5 Å². The standard InChI is InChI=1S/C23H26FNO4/c1-16(26)18-7-12-21(22(14-18)28-2)29-13-3-4-23(27)25(20-10-11-20)15-17-5-8-19(24)9-6-17/h5-9,12,14,20H,3-4,10-11,13,15H2,1-2H3. The molecule has 0 spiro atoms. The summed E-state index contributed by atoms with van der Waals surface area (Å²) in [5.74, 6) is 0.818. The van der Waals surface area contributed by atoms with E-state index in [9.17, 15) is 14.0 Å². The molecule has 0 aliphatic heterocycles. The second-order valence-electron chi connectivity index (χ2n) is 7.25. The molecule has 5 nitrogen and oxygen atoms in total. The highest BCUT2D eigenvalue weighted by Crippen LogP contribution is 2.30. The number of carbonyl (C=O) groups excluding carboxylic acids is 2. The Morgan fingerprint density at radius 3 is 2.45 bits per heavy atom. The summed E-state index contributed by atoms with van der Waals surface area (Å²) < 4.78 is 24.1. The molecule has 154 valence electrons. The van der Waals surface area contributed by atoms with Gasteiger partial charge in [0, 0.05) is 24.6 Å². The molecule has 0 aromatic heterocycles. The van der Waals surface area contributed by atoms with Crippen LogP contribution in [0, 0.1) is 5.82 Å². The summed E-state index contributed by atoms with van der Waals surface area (Å²) in [7, 11) is 1.53. The minimum atomic E-state index is -0.276. The zero-order chi connectivity index (χ0) is 20.8. The summed E-state index contributed by atoms with van der Waals surface area (Å²) >= 11 is 0. The number of nitrogens with zero attached hydrogens (tertiary/aromatic N) is 1. The fraction of sp³-hybridized carbons (Fsp3) is 0.391. The van der Waals surface area contributed by atoms with Crippen molar-refractivity contribution in [1.82, 2.24) is 4.90 Å². The third kappa shape index (κ3) is 5.79. The van der Waals surface area contributed by atoms with Gasteiger partial charge in [-0.1, -0.05) is 12.1 Å². The quantitative estimate of drug-likeness (QED) is 0.439. The van der Waals surface area contributed by atoms with Crippen molar-refractivity contribution in [3.8, 4) is 11.5 Å². The molecule has 0 saturated heterocycles. The highest BCUT2D eigenvalue weighted by Gasteiger charge is 2.32.